The first kappa shape index (κ1) is 21.0. The minimum atomic E-state index is -1.28. The molecule has 1 aromatic heterocycles. The van der Waals surface area contributed by atoms with E-state index in [4.69, 9.17) is 9.15 Å². The average molecular weight is 435 g/mol. The molecule has 1 atom stereocenters. The smallest absolute Gasteiger partial charge is 0.325 e. The van der Waals surface area contributed by atoms with Crippen molar-refractivity contribution in [2.75, 3.05) is 19.0 Å². The van der Waals surface area contributed by atoms with E-state index >= 15 is 0 Å². The standard InChI is InChI=1S/C22H21N5O5/c1-13-4-5-14(19-26-23-12-32-19)10-17(13)24-18(28)11-27-20(29)22(2,25-21(27)30)15-6-8-16(31-3)9-7-15/h4-10,12H,11H2,1-3H3,(H,24,28)(H,25,30). The zero-order valence-electron chi connectivity index (χ0n) is 17.7. The van der Waals surface area contributed by atoms with Crippen molar-refractivity contribution in [1.82, 2.24) is 20.4 Å². The van der Waals surface area contributed by atoms with Crippen LogP contribution in [0, 0.1) is 6.92 Å². The zero-order chi connectivity index (χ0) is 22.9. The number of benzene rings is 2. The minimum absolute atomic E-state index is 0.310. The van der Waals surface area contributed by atoms with Crippen LogP contribution in [0.3, 0.4) is 0 Å². The molecule has 4 amide bonds. The quantitative estimate of drug-likeness (QED) is 0.570. The van der Waals surface area contributed by atoms with Crippen LogP contribution in [-0.4, -0.2) is 46.6 Å². The molecule has 2 heterocycles. The Hall–Kier alpha value is -4.21. The van der Waals surface area contributed by atoms with E-state index in [1.54, 1.807) is 56.5 Å². The second-order valence-electron chi connectivity index (χ2n) is 7.50. The van der Waals surface area contributed by atoms with Crippen LogP contribution in [0.1, 0.15) is 18.1 Å². The highest BCUT2D eigenvalue weighted by molar-refractivity contribution is 6.10. The number of imide groups is 1. The van der Waals surface area contributed by atoms with Crippen LogP contribution in [0.25, 0.3) is 11.5 Å². The van der Waals surface area contributed by atoms with Gasteiger partial charge in [-0.2, -0.15) is 0 Å². The van der Waals surface area contributed by atoms with Gasteiger partial charge < -0.3 is 19.8 Å². The van der Waals surface area contributed by atoms with E-state index in [9.17, 15) is 14.4 Å². The fourth-order valence-electron chi connectivity index (χ4n) is 3.48. The molecule has 0 bridgehead atoms. The first-order valence-electron chi connectivity index (χ1n) is 9.77. The molecule has 4 rings (SSSR count). The molecular weight excluding hydrogens is 414 g/mol. The van der Waals surface area contributed by atoms with Gasteiger partial charge in [-0.3, -0.25) is 14.5 Å². The summed E-state index contributed by atoms with van der Waals surface area (Å²) >= 11 is 0. The second-order valence-corrected chi connectivity index (χ2v) is 7.50. The molecule has 1 aliphatic rings. The highest BCUT2D eigenvalue weighted by Gasteiger charge is 2.49. The van der Waals surface area contributed by atoms with Crippen LogP contribution < -0.4 is 15.4 Å². The molecule has 3 aromatic rings. The van der Waals surface area contributed by atoms with Crippen molar-refractivity contribution in [3.05, 3.63) is 60.0 Å². The van der Waals surface area contributed by atoms with E-state index in [1.165, 1.54) is 6.39 Å². The van der Waals surface area contributed by atoms with Crippen LogP contribution in [0.4, 0.5) is 10.5 Å². The highest BCUT2D eigenvalue weighted by Crippen LogP contribution is 2.30. The van der Waals surface area contributed by atoms with Crippen LogP contribution in [-0.2, 0) is 15.1 Å². The third kappa shape index (κ3) is 3.78. The van der Waals surface area contributed by atoms with Crippen molar-refractivity contribution < 1.29 is 23.5 Å². The number of carbonyl (C=O) groups is 3. The van der Waals surface area contributed by atoms with Crippen molar-refractivity contribution in [2.24, 2.45) is 0 Å². The SMILES string of the molecule is COc1ccc(C2(C)NC(=O)N(CC(=O)Nc3cc(-c4nnco4)ccc3C)C2=O)cc1. The largest absolute Gasteiger partial charge is 0.497 e. The lowest BCUT2D eigenvalue weighted by Gasteiger charge is -2.22. The topological polar surface area (TPSA) is 127 Å². The van der Waals surface area contributed by atoms with Crippen molar-refractivity contribution in [1.29, 1.82) is 0 Å². The maximum atomic E-state index is 13.1. The van der Waals surface area contributed by atoms with Gasteiger partial charge in [0.25, 0.3) is 5.91 Å². The molecule has 0 saturated carbocycles. The average Bonchev–Trinajstić information content (AvgIpc) is 3.39. The number of hydrogen-bond donors (Lipinski definition) is 2. The Morgan fingerprint density at radius 3 is 2.62 bits per heavy atom. The van der Waals surface area contributed by atoms with Gasteiger partial charge in [-0.05, 0) is 49.2 Å². The number of rotatable bonds is 6. The lowest BCUT2D eigenvalue weighted by molar-refractivity contribution is -0.133. The van der Waals surface area contributed by atoms with Gasteiger partial charge in [-0.15, -0.1) is 10.2 Å². The molecule has 10 heteroatoms. The van der Waals surface area contributed by atoms with Gasteiger partial charge in [0.2, 0.25) is 18.2 Å². The fraction of sp³-hybridized carbons (Fsp3) is 0.227. The van der Waals surface area contributed by atoms with Crippen molar-refractivity contribution in [3.8, 4) is 17.2 Å². The molecule has 164 valence electrons. The number of aryl methyl sites for hydroxylation is 1. The molecule has 1 saturated heterocycles. The number of ether oxygens (including phenoxy) is 1. The van der Waals surface area contributed by atoms with Crippen molar-refractivity contribution in [2.45, 2.75) is 19.4 Å². The Balaban J connectivity index is 1.49. The predicted octanol–water partition coefficient (Wildman–Crippen LogP) is 2.46. The number of aromatic nitrogens is 2. The summed E-state index contributed by atoms with van der Waals surface area (Å²) in [7, 11) is 1.54. The van der Waals surface area contributed by atoms with E-state index in [1.807, 2.05) is 6.92 Å². The summed E-state index contributed by atoms with van der Waals surface area (Å²) < 4.78 is 10.3. The van der Waals surface area contributed by atoms with Crippen molar-refractivity contribution in [3.63, 3.8) is 0 Å². The molecule has 0 radical (unpaired) electrons. The summed E-state index contributed by atoms with van der Waals surface area (Å²) in [4.78, 5) is 39.2. The number of methoxy groups -OCH3 is 1. The zero-order valence-corrected chi connectivity index (χ0v) is 17.7. The van der Waals surface area contributed by atoms with Gasteiger partial charge in [0.05, 0.1) is 7.11 Å². The van der Waals surface area contributed by atoms with Crippen LogP contribution >= 0.6 is 0 Å². The van der Waals surface area contributed by atoms with E-state index in [-0.39, 0.29) is 0 Å². The van der Waals surface area contributed by atoms with Gasteiger partial charge in [0, 0.05) is 11.3 Å². The van der Waals surface area contributed by atoms with Crippen molar-refractivity contribution >= 4 is 23.5 Å². The Morgan fingerprint density at radius 2 is 1.97 bits per heavy atom. The first-order chi connectivity index (χ1) is 15.3. The molecule has 1 unspecified atom stereocenters. The number of carbonyl (C=O) groups excluding carboxylic acids is 3. The van der Waals surface area contributed by atoms with Gasteiger partial charge in [0.15, 0.2) is 0 Å². The van der Waals surface area contributed by atoms with E-state index in [2.05, 4.69) is 20.8 Å². The molecule has 32 heavy (non-hydrogen) atoms. The normalized spacial score (nSPS) is 17.9. The predicted molar refractivity (Wildman–Crippen MR) is 114 cm³/mol. The van der Waals surface area contributed by atoms with Crippen LogP contribution in [0.15, 0.2) is 53.3 Å². The number of urea groups is 1. The minimum Gasteiger partial charge on any atom is -0.497 e. The molecule has 2 N–H and O–H groups in total. The Labute approximate surface area is 183 Å². The summed E-state index contributed by atoms with van der Waals surface area (Å²) in [6.07, 6.45) is 1.21. The maximum absolute atomic E-state index is 13.1. The molecule has 1 aliphatic heterocycles. The summed E-state index contributed by atoms with van der Waals surface area (Å²) in [5.74, 6) is -0.0919. The Morgan fingerprint density at radius 1 is 1.22 bits per heavy atom. The molecule has 10 nitrogen and oxygen atoms in total. The fourth-order valence-corrected chi connectivity index (χ4v) is 3.48. The maximum Gasteiger partial charge on any atom is 0.325 e. The van der Waals surface area contributed by atoms with Gasteiger partial charge in [0.1, 0.15) is 17.8 Å². The lowest BCUT2D eigenvalue weighted by Crippen LogP contribution is -2.42. The first-order valence-corrected chi connectivity index (χ1v) is 9.77. The Bertz CT molecular complexity index is 1180. The van der Waals surface area contributed by atoms with Gasteiger partial charge in [-0.1, -0.05) is 18.2 Å². The summed E-state index contributed by atoms with van der Waals surface area (Å²) in [6, 6.07) is 11.4. The number of nitrogens with zero attached hydrogens (tertiary/aromatic N) is 3. The van der Waals surface area contributed by atoms with Crippen LogP contribution in [0.2, 0.25) is 0 Å². The second kappa shape index (κ2) is 8.14. The molecule has 1 fully saturated rings. The van der Waals surface area contributed by atoms with Crippen LogP contribution in [0.5, 0.6) is 5.75 Å². The summed E-state index contributed by atoms with van der Waals surface area (Å²) in [6.45, 7) is 2.99. The third-order valence-electron chi connectivity index (χ3n) is 5.36. The highest BCUT2D eigenvalue weighted by atomic mass is 16.5. The Kier molecular flexibility index (Phi) is 5.35. The number of nitrogens with one attached hydrogen (secondary N) is 2. The van der Waals surface area contributed by atoms with Gasteiger partial charge >= 0.3 is 6.03 Å². The van der Waals surface area contributed by atoms with E-state index in [0.717, 1.165) is 10.5 Å². The lowest BCUT2D eigenvalue weighted by atomic mass is 9.92. The monoisotopic (exact) mass is 435 g/mol. The van der Waals surface area contributed by atoms with E-state index < -0.39 is 29.9 Å². The molecular formula is C22H21N5O5. The summed E-state index contributed by atoms with van der Waals surface area (Å²) in [5.41, 5.74) is 1.24. The number of amides is 4. The molecule has 0 spiro atoms. The summed E-state index contributed by atoms with van der Waals surface area (Å²) in [5, 5.41) is 12.9. The van der Waals surface area contributed by atoms with E-state index in [0.29, 0.717) is 28.5 Å². The molecule has 2 aromatic carbocycles. The number of hydrogen-bond acceptors (Lipinski definition) is 7. The molecule has 0 aliphatic carbocycles. The van der Waals surface area contributed by atoms with Gasteiger partial charge in [-0.25, -0.2) is 4.79 Å². The third-order valence-corrected chi connectivity index (χ3v) is 5.36. The number of anilines is 1.